The fourth-order valence-electron chi connectivity index (χ4n) is 2.48. The SMILES string of the molecule is CC/C=C(\CCC)c1ccc(C(C)C(N)CC)cc1. The molecule has 0 aliphatic carbocycles. The molecule has 2 atom stereocenters. The summed E-state index contributed by atoms with van der Waals surface area (Å²) in [7, 11) is 0. The first-order valence-corrected chi connectivity index (χ1v) is 7.68. The first-order chi connectivity index (χ1) is 9.13. The summed E-state index contributed by atoms with van der Waals surface area (Å²) in [5.74, 6) is 0.434. The lowest BCUT2D eigenvalue weighted by Gasteiger charge is -2.19. The lowest BCUT2D eigenvalue weighted by molar-refractivity contribution is 0.551. The molecule has 2 N–H and O–H groups in total. The van der Waals surface area contributed by atoms with Gasteiger partial charge >= 0.3 is 0 Å². The molecule has 0 aromatic heterocycles. The molecular formula is C18H29N. The summed E-state index contributed by atoms with van der Waals surface area (Å²) in [6.45, 7) is 8.81. The summed E-state index contributed by atoms with van der Waals surface area (Å²) in [6.07, 6.45) is 6.84. The molecule has 1 aromatic carbocycles. The molecule has 0 saturated heterocycles. The molecule has 2 unspecified atom stereocenters. The number of benzene rings is 1. The van der Waals surface area contributed by atoms with Crippen molar-refractivity contribution in [3.8, 4) is 0 Å². The molecule has 0 fully saturated rings. The molecule has 106 valence electrons. The Morgan fingerprint density at radius 2 is 1.79 bits per heavy atom. The number of hydrogen-bond acceptors (Lipinski definition) is 1. The number of allylic oxidation sites excluding steroid dienone is 2. The van der Waals surface area contributed by atoms with E-state index in [0.717, 1.165) is 19.3 Å². The van der Waals surface area contributed by atoms with Crippen LogP contribution in [0.2, 0.25) is 0 Å². The van der Waals surface area contributed by atoms with Gasteiger partial charge < -0.3 is 5.73 Å². The topological polar surface area (TPSA) is 26.0 Å². The molecule has 19 heavy (non-hydrogen) atoms. The van der Waals surface area contributed by atoms with Crippen LogP contribution in [0.5, 0.6) is 0 Å². The van der Waals surface area contributed by atoms with Crippen molar-refractivity contribution in [3.63, 3.8) is 0 Å². The van der Waals surface area contributed by atoms with E-state index >= 15 is 0 Å². The zero-order chi connectivity index (χ0) is 14.3. The van der Waals surface area contributed by atoms with Crippen LogP contribution in [0.1, 0.15) is 70.4 Å². The fraction of sp³-hybridized carbons (Fsp3) is 0.556. The highest BCUT2D eigenvalue weighted by molar-refractivity contribution is 5.65. The molecule has 0 saturated carbocycles. The van der Waals surface area contributed by atoms with Crippen molar-refractivity contribution >= 4 is 5.57 Å². The van der Waals surface area contributed by atoms with E-state index in [4.69, 9.17) is 5.73 Å². The second kappa shape index (κ2) is 8.16. The van der Waals surface area contributed by atoms with Crippen LogP contribution in [0.4, 0.5) is 0 Å². The standard InChI is InChI=1S/C18H29N/c1-5-8-16(9-6-2)17-12-10-15(11-13-17)14(4)18(19)7-3/h8,10-14,18H,5-7,9,19H2,1-4H3/b16-8+. The van der Waals surface area contributed by atoms with Crippen LogP contribution in [0.25, 0.3) is 5.57 Å². The maximum Gasteiger partial charge on any atom is 0.0103 e. The van der Waals surface area contributed by atoms with Gasteiger partial charge in [0, 0.05) is 6.04 Å². The van der Waals surface area contributed by atoms with Gasteiger partial charge in [0.05, 0.1) is 0 Å². The highest BCUT2D eigenvalue weighted by atomic mass is 14.6. The molecule has 1 heteroatoms. The Morgan fingerprint density at radius 3 is 2.26 bits per heavy atom. The third-order valence-electron chi connectivity index (χ3n) is 3.89. The van der Waals surface area contributed by atoms with Crippen molar-refractivity contribution in [3.05, 3.63) is 41.5 Å². The summed E-state index contributed by atoms with van der Waals surface area (Å²) >= 11 is 0. The van der Waals surface area contributed by atoms with Gasteiger partial charge in [-0.15, -0.1) is 0 Å². The molecule has 1 nitrogen and oxygen atoms in total. The monoisotopic (exact) mass is 259 g/mol. The lowest BCUT2D eigenvalue weighted by atomic mass is 9.90. The van der Waals surface area contributed by atoms with Gasteiger partial charge in [-0.2, -0.15) is 0 Å². The maximum atomic E-state index is 6.13. The van der Waals surface area contributed by atoms with Crippen LogP contribution in [0.15, 0.2) is 30.3 Å². The van der Waals surface area contributed by atoms with Gasteiger partial charge in [-0.25, -0.2) is 0 Å². The van der Waals surface area contributed by atoms with Gasteiger partial charge in [0.1, 0.15) is 0 Å². The smallest absolute Gasteiger partial charge is 0.0103 e. The minimum absolute atomic E-state index is 0.257. The van der Waals surface area contributed by atoms with Crippen molar-refractivity contribution in [2.45, 2.75) is 65.3 Å². The van der Waals surface area contributed by atoms with Gasteiger partial charge in [0.25, 0.3) is 0 Å². The van der Waals surface area contributed by atoms with Gasteiger partial charge in [-0.3, -0.25) is 0 Å². The Morgan fingerprint density at radius 1 is 1.16 bits per heavy atom. The molecular weight excluding hydrogens is 230 g/mol. The van der Waals surface area contributed by atoms with E-state index < -0.39 is 0 Å². The lowest BCUT2D eigenvalue weighted by Crippen LogP contribution is -2.25. The van der Waals surface area contributed by atoms with E-state index in [1.807, 2.05) is 0 Å². The highest BCUT2D eigenvalue weighted by Gasteiger charge is 2.12. The van der Waals surface area contributed by atoms with Crippen LogP contribution < -0.4 is 5.73 Å². The Bertz CT molecular complexity index is 389. The van der Waals surface area contributed by atoms with E-state index in [1.54, 1.807) is 0 Å². The third kappa shape index (κ3) is 4.50. The molecule has 0 radical (unpaired) electrons. The van der Waals surface area contributed by atoms with Gasteiger partial charge in [0.15, 0.2) is 0 Å². The Kier molecular flexibility index (Phi) is 6.86. The van der Waals surface area contributed by atoms with Crippen LogP contribution in [-0.2, 0) is 0 Å². The van der Waals surface area contributed by atoms with Crippen LogP contribution in [-0.4, -0.2) is 6.04 Å². The van der Waals surface area contributed by atoms with Crippen LogP contribution in [0, 0.1) is 0 Å². The zero-order valence-corrected chi connectivity index (χ0v) is 12.9. The average Bonchev–Trinajstić information content (AvgIpc) is 2.45. The minimum Gasteiger partial charge on any atom is -0.327 e. The summed E-state index contributed by atoms with van der Waals surface area (Å²) < 4.78 is 0. The van der Waals surface area contributed by atoms with Gasteiger partial charge in [0.2, 0.25) is 0 Å². The maximum absolute atomic E-state index is 6.13. The molecule has 0 spiro atoms. The quantitative estimate of drug-likeness (QED) is 0.722. The van der Waals surface area contributed by atoms with Crippen LogP contribution >= 0.6 is 0 Å². The largest absolute Gasteiger partial charge is 0.327 e. The van der Waals surface area contributed by atoms with Crippen molar-refractivity contribution in [1.82, 2.24) is 0 Å². The predicted molar refractivity (Wildman–Crippen MR) is 86.3 cm³/mol. The normalized spacial score (nSPS) is 15.3. The van der Waals surface area contributed by atoms with Crippen molar-refractivity contribution in [1.29, 1.82) is 0 Å². The van der Waals surface area contributed by atoms with Crippen LogP contribution in [0.3, 0.4) is 0 Å². The molecule has 0 bridgehead atoms. The molecule has 1 rings (SSSR count). The molecule has 0 amide bonds. The average molecular weight is 259 g/mol. The predicted octanol–water partition coefficient (Wildman–Crippen LogP) is 5.12. The fourth-order valence-corrected chi connectivity index (χ4v) is 2.48. The summed E-state index contributed by atoms with van der Waals surface area (Å²) in [6, 6.07) is 9.26. The third-order valence-corrected chi connectivity index (χ3v) is 3.89. The molecule has 0 aliphatic heterocycles. The number of rotatable bonds is 7. The van der Waals surface area contributed by atoms with Crippen molar-refractivity contribution in [2.75, 3.05) is 0 Å². The summed E-state index contributed by atoms with van der Waals surface area (Å²) in [5.41, 5.74) is 10.3. The van der Waals surface area contributed by atoms with Crippen molar-refractivity contribution < 1.29 is 0 Å². The molecule has 0 aliphatic rings. The number of nitrogens with two attached hydrogens (primary N) is 1. The highest BCUT2D eigenvalue weighted by Crippen LogP contribution is 2.25. The second-order valence-electron chi connectivity index (χ2n) is 5.37. The van der Waals surface area contributed by atoms with E-state index in [1.165, 1.54) is 23.1 Å². The first-order valence-electron chi connectivity index (χ1n) is 7.68. The zero-order valence-electron chi connectivity index (χ0n) is 12.9. The van der Waals surface area contributed by atoms with Gasteiger partial charge in [-0.05, 0) is 41.9 Å². The summed E-state index contributed by atoms with van der Waals surface area (Å²) in [4.78, 5) is 0. The Balaban J connectivity index is 2.88. The van der Waals surface area contributed by atoms with Crippen molar-refractivity contribution in [2.24, 2.45) is 5.73 Å². The Hall–Kier alpha value is -1.08. The van der Waals surface area contributed by atoms with Gasteiger partial charge in [-0.1, -0.05) is 64.5 Å². The minimum atomic E-state index is 0.257. The first kappa shape index (κ1) is 16.0. The Labute approximate surface area is 118 Å². The van der Waals surface area contributed by atoms with E-state index in [9.17, 15) is 0 Å². The molecule has 0 heterocycles. The summed E-state index contributed by atoms with van der Waals surface area (Å²) in [5, 5.41) is 0. The molecule has 1 aromatic rings. The number of hydrogen-bond donors (Lipinski definition) is 1. The van der Waals surface area contributed by atoms with E-state index in [0.29, 0.717) is 5.92 Å². The second-order valence-corrected chi connectivity index (χ2v) is 5.37. The van der Waals surface area contributed by atoms with E-state index in [-0.39, 0.29) is 6.04 Å². The van der Waals surface area contributed by atoms with E-state index in [2.05, 4.69) is 58.0 Å².